The number of likely N-dealkylation sites (tertiary alicyclic amines) is 5. The second-order valence-electron chi connectivity index (χ2n) is 31.8. The van der Waals surface area contributed by atoms with Crippen LogP contribution in [0.3, 0.4) is 0 Å². The van der Waals surface area contributed by atoms with Crippen molar-refractivity contribution in [3.05, 3.63) is 23.9 Å². The summed E-state index contributed by atoms with van der Waals surface area (Å²) in [5.74, 6) is -5.71. The van der Waals surface area contributed by atoms with Crippen LogP contribution in [0, 0.1) is 11.8 Å². The first-order valence-electron chi connectivity index (χ1n) is 37.5. The zero-order valence-electron chi connectivity index (χ0n) is 70.1. The zero-order valence-corrected chi connectivity index (χ0v) is 70.1. The molecule has 0 aliphatic carbocycles. The Balaban J connectivity index is 0.000000668. The summed E-state index contributed by atoms with van der Waals surface area (Å²) < 4.78 is 50.1. The number of rotatable bonds is 13. The molecule has 37 nitrogen and oxygen atoms in total. The molecule has 7 aliphatic rings. The number of carboxylic acid groups (broad SMARTS) is 1. The number of amides is 11. The van der Waals surface area contributed by atoms with Gasteiger partial charge in [-0.2, -0.15) is 0 Å². The lowest BCUT2D eigenvalue weighted by Crippen LogP contribution is -2.46. The summed E-state index contributed by atoms with van der Waals surface area (Å²) in [6.45, 7) is 43.4. The minimum Gasteiger partial charge on any atom is -0.480 e. The highest BCUT2D eigenvalue weighted by Crippen LogP contribution is 2.32. The van der Waals surface area contributed by atoms with Crippen LogP contribution in [-0.4, -0.2) is 272 Å². The lowest BCUT2D eigenvalue weighted by Gasteiger charge is -2.27. The summed E-state index contributed by atoms with van der Waals surface area (Å²) in [4.78, 5) is 204. The molecule has 37 heteroatoms. The first-order valence-corrected chi connectivity index (χ1v) is 37.5. The van der Waals surface area contributed by atoms with E-state index in [-0.39, 0.29) is 107 Å². The molecule has 0 aromatic carbocycles. The summed E-state index contributed by atoms with van der Waals surface area (Å²) in [7, 11) is 3.52. The number of carboxylic acids is 1. The monoisotopic (exact) mass is 1610 g/mol. The third-order valence-electron chi connectivity index (χ3n) is 15.6. The van der Waals surface area contributed by atoms with Gasteiger partial charge in [0.2, 0.25) is 23.6 Å². The van der Waals surface area contributed by atoms with Crippen LogP contribution in [0.5, 0.6) is 0 Å². The molecule has 7 rings (SSSR count). The van der Waals surface area contributed by atoms with E-state index in [4.69, 9.17) is 57.6 Å². The minimum absolute atomic E-state index is 0.0174. The van der Waals surface area contributed by atoms with E-state index < -0.39 is 142 Å². The predicted octanol–water partition coefficient (Wildman–Crippen LogP) is 7.17. The van der Waals surface area contributed by atoms with Crippen LogP contribution in [-0.2, 0) is 105 Å². The van der Waals surface area contributed by atoms with Gasteiger partial charge in [0.25, 0.3) is 11.8 Å². The maximum absolute atomic E-state index is 12.4. The van der Waals surface area contributed by atoms with Gasteiger partial charge in [-0.15, -0.1) is 0 Å². The fourth-order valence-corrected chi connectivity index (χ4v) is 11.0. The number of carbonyl (C=O) groups is 17. The number of aliphatic hydroxyl groups excluding tert-OH is 1. The van der Waals surface area contributed by atoms with E-state index in [9.17, 15) is 81.5 Å². The van der Waals surface area contributed by atoms with Crippen molar-refractivity contribution in [2.75, 3.05) is 60.3 Å². The molecule has 0 aromatic rings. The molecule has 11 amide bonds. The highest BCUT2D eigenvalue weighted by Gasteiger charge is 2.50. The molecule has 7 saturated heterocycles. The molecule has 0 unspecified atom stereocenters. The van der Waals surface area contributed by atoms with Crippen LogP contribution in [0.4, 0.5) is 24.0 Å². The van der Waals surface area contributed by atoms with Gasteiger partial charge in [-0.1, -0.05) is 20.4 Å². The molecule has 9 atom stereocenters. The van der Waals surface area contributed by atoms with Gasteiger partial charge in [0.1, 0.15) is 64.3 Å². The molecule has 113 heavy (non-hydrogen) atoms. The average Bonchev–Trinajstić information content (AvgIpc) is 1.62. The largest absolute Gasteiger partial charge is 0.480 e. The van der Waals surface area contributed by atoms with Crippen molar-refractivity contribution in [3.8, 4) is 0 Å². The maximum Gasteiger partial charge on any atom is 0.418 e. The van der Waals surface area contributed by atoms with Gasteiger partial charge in [-0.25, -0.2) is 72.3 Å². The third-order valence-corrected chi connectivity index (χ3v) is 15.6. The minimum atomic E-state index is -0.978. The number of hydrogen-bond acceptors (Lipinski definition) is 29. The van der Waals surface area contributed by atoms with Crippen LogP contribution >= 0.6 is 0 Å². The van der Waals surface area contributed by atoms with Gasteiger partial charge in [0.05, 0.1) is 45.7 Å². The van der Waals surface area contributed by atoms with Gasteiger partial charge < -0.3 is 78.0 Å². The van der Waals surface area contributed by atoms with E-state index in [1.807, 2.05) is 20.8 Å². The predicted molar refractivity (Wildman–Crippen MR) is 401 cm³/mol. The van der Waals surface area contributed by atoms with Gasteiger partial charge in [0.15, 0.2) is 0 Å². The molecule has 0 bridgehead atoms. The van der Waals surface area contributed by atoms with E-state index >= 15 is 0 Å². The first-order chi connectivity index (χ1) is 51.9. The molecular formula is C76H122N8O29. The lowest BCUT2D eigenvalue weighted by molar-refractivity contribution is -0.151. The molecular weight excluding hydrogens is 1490 g/mol. The zero-order chi connectivity index (χ0) is 87.3. The first kappa shape index (κ1) is 101. The number of aliphatic carboxylic acids is 1. The number of nitrogens with one attached hydrogen (secondary N) is 2. The average molecular weight is 1610 g/mol. The molecule has 0 saturated carbocycles. The van der Waals surface area contributed by atoms with Gasteiger partial charge >= 0.3 is 66.3 Å². The normalized spacial score (nSPS) is 22.2. The number of aliphatic hydroxyl groups is 1. The van der Waals surface area contributed by atoms with Crippen LogP contribution in [0.15, 0.2) is 23.9 Å². The Kier molecular flexibility index (Phi) is 40.3. The van der Waals surface area contributed by atoms with E-state index in [0.29, 0.717) is 50.3 Å². The Morgan fingerprint density at radius 3 is 1.20 bits per heavy atom. The number of imide groups is 4. The van der Waals surface area contributed by atoms with Crippen LogP contribution in [0.2, 0.25) is 0 Å². The SMILES string of the molecule is C=C1C[C@@H](C(=O)OCC)N(C(=O)OC(C)(C)C)C1=O.CCOC(=O)[C@@H]1C/C(=C\N(C)C)C(=O)N1C(=O)OC(C)(C)C.CCOC(=O)[C@@H]1CCC(=O)N1.CCOC(=O)[C@@H]1CCC(=O)N1C(=O)OC(C)(C)C.CCOC(=O)[C@@H]1C[C@H](C)C(=O)N1C(=O)OC(C)(C)C.C[C@H]1C[C@@H](CO)N(C(=O)OC(C)(C)C)C1.O=C1CC[C@@H](C(=O)O)N1. The third kappa shape index (κ3) is 34.9. The molecule has 0 radical (unpaired) electrons. The topological polar surface area (TPSA) is 466 Å². The van der Waals surface area contributed by atoms with Crippen molar-refractivity contribution in [1.82, 2.24) is 40.0 Å². The van der Waals surface area contributed by atoms with Crippen LogP contribution in [0.25, 0.3) is 0 Å². The molecule has 4 N–H and O–H groups in total. The van der Waals surface area contributed by atoms with Gasteiger partial charge in [-0.3, -0.25) is 28.8 Å². The smallest absolute Gasteiger partial charge is 0.418 e. The van der Waals surface area contributed by atoms with E-state index in [1.165, 1.54) is 0 Å². The molecule has 640 valence electrons. The van der Waals surface area contributed by atoms with Crippen molar-refractivity contribution in [1.29, 1.82) is 0 Å². The highest BCUT2D eigenvalue weighted by atomic mass is 16.6. The van der Waals surface area contributed by atoms with Crippen LogP contribution < -0.4 is 10.6 Å². The summed E-state index contributed by atoms with van der Waals surface area (Å²) in [5.41, 5.74) is -2.84. The number of ether oxygens (including phenoxy) is 10. The second kappa shape index (κ2) is 45.1. The Labute approximate surface area is 661 Å². The Bertz CT molecular complexity index is 3430. The summed E-state index contributed by atoms with van der Waals surface area (Å²) in [6.07, 6.45) is 1.56. The number of esters is 5. The van der Waals surface area contributed by atoms with E-state index in [2.05, 4.69) is 24.1 Å². The van der Waals surface area contributed by atoms with E-state index in [1.54, 1.807) is 155 Å². The molecule has 0 aromatic heterocycles. The number of nitrogens with zero attached hydrogens (tertiary/aromatic N) is 6. The summed E-state index contributed by atoms with van der Waals surface area (Å²) in [6, 6.07) is -4.80. The molecule has 7 fully saturated rings. The second-order valence-corrected chi connectivity index (χ2v) is 31.8. The molecule has 0 spiro atoms. The van der Waals surface area contributed by atoms with Gasteiger partial charge in [0, 0.05) is 76.0 Å². The fraction of sp³-hybridized carbons (Fsp3) is 0.724. The van der Waals surface area contributed by atoms with Gasteiger partial charge in [-0.05, 0) is 176 Å². The van der Waals surface area contributed by atoms with Crippen molar-refractivity contribution >= 4 is 102 Å². The quantitative estimate of drug-likeness (QED) is 0.0806. The highest BCUT2D eigenvalue weighted by molar-refractivity contribution is 6.10. The summed E-state index contributed by atoms with van der Waals surface area (Å²) in [5, 5.41) is 22.3. The Hall–Kier alpha value is -9.97. The molecule has 7 aliphatic heterocycles. The maximum atomic E-state index is 12.4. The number of hydrogen-bond donors (Lipinski definition) is 4. The van der Waals surface area contributed by atoms with Crippen LogP contribution in [0.1, 0.15) is 217 Å². The Morgan fingerprint density at radius 2 is 0.832 bits per heavy atom. The lowest BCUT2D eigenvalue weighted by atomic mass is 10.1. The fourth-order valence-electron chi connectivity index (χ4n) is 11.0. The van der Waals surface area contributed by atoms with E-state index in [0.717, 1.165) is 26.0 Å². The standard InChI is InChI=1S/C15H24N2O5.C13H21NO5.C13H19NO5.C12H19NO5.C11H21NO3.C7H11NO3.C5H7NO3/c1-7-21-13(19)11-8-10(9-16(5)6)12(18)17(11)14(20)22-15(2,3)4;2*1-6-18-11(16)9-7-8(2)10(15)14(9)12(17)19-13(3,4)5;1-5-17-10(15)8-6-7-9(14)13(8)11(16)18-12(2,3)4;1-8-5-9(7-13)12(6-8)10(14)15-11(2,3)4;1-2-11-7(10)5-3-4-6(9)8-5;7-4-2-1-3(6-4)5(8)9/h9,11H,7-8H2,1-6H3;8-9H,6-7H2,1-5H3;9H,2,6-7H2,1,3-5H3;8H,5-7H2,1-4H3;8-9,13H,5-7H2,1-4H3;5H,2-4H2,1H3,(H,8,9);3H,1-2H2,(H,6,7)(H,8,9)/b10-9+;;;;;;/t11-;8-,9-;9-;8-;8-,9-;5-;3-/m0000000/s1. The number of carbonyl (C=O) groups excluding carboxylic acids is 16. The van der Waals surface area contributed by atoms with Crippen molar-refractivity contribution in [2.24, 2.45) is 11.8 Å². The Morgan fingerprint density at radius 1 is 0.469 bits per heavy atom. The summed E-state index contributed by atoms with van der Waals surface area (Å²) >= 11 is 0. The van der Waals surface area contributed by atoms with Crippen molar-refractivity contribution in [2.45, 2.75) is 287 Å². The van der Waals surface area contributed by atoms with Crippen molar-refractivity contribution < 1.29 is 139 Å². The molecule has 7 heterocycles. The van der Waals surface area contributed by atoms with Crippen molar-refractivity contribution in [3.63, 3.8) is 0 Å².